The summed E-state index contributed by atoms with van der Waals surface area (Å²) in [6.45, 7) is 2.02. The number of nitrogens with zero attached hydrogens (tertiary/aromatic N) is 3. The third-order valence-corrected chi connectivity index (χ3v) is 7.28. The van der Waals surface area contributed by atoms with E-state index in [2.05, 4.69) is 4.98 Å². The monoisotopic (exact) mass is 542 g/mol. The first-order chi connectivity index (χ1) is 20.3. The highest BCUT2D eigenvalue weighted by Gasteiger charge is 2.39. The highest BCUT2D eigenvalue weighted by atomic mass is 32.2. The van der Waals surface area contributed by atoms with Crippen LogP contribution in [-0.4, -0.2) is 69.6 Å². The van der Waals surface area contributed by atoms with Gasteiger partial charge >= 0.3 is 6.09 Å². The van der Waals surface area contributed by atoms with Gasteiger partial charge in [-0.25, -0.2) is 18.2 Å². The van der Waals surface area contributed by atoms with E-state index in [0.29, 0.717) is 10.2 Å². The fourth-order valence-electron chi connectivity index (χ4n) is 3.28. The second kappa shape index (κ2) is 11.2. The van der Waals surface area contributed by atoms with Gasteiger partial charge in [0.2, 0.25) is 10.0 Å². The summed E-state index contributed by atoms with van der Waals surface area (Å²) >= 11 is 1.10. The van der Waals surface area contributed by atoms with E-state index >= 15 is 0 Å². The molecule has 1 heterocycles. The summed E-state index contributed by atoms with van der Waals surface area (Å²) in [6.07, 6.45) is -10.0. The number of fused-ring (bicyclic) bond motifs is 1. The number of hydrogen-bond acceptors (Lipinski definition) is 6. The number of carboxylic acid groups (broad SMARTS) is 1. The van der Waals surface area contributed by atoms with Crippen molar-refractivity contribution in [2.45, 2.75) is 63.5 Å². The summed E-state index contributed by atoms with van der Waals surface area (Å²) in [5.74, 6) is -0.650. The van der Waals surface area contributed by atoms with E-state index in [9.17, 15) is 24.8 Å². The van der Waals surface area contributed by atoms with E-state index in [0.717, 1.165) is 29.5 Å². The minimum atomic E-state index is -4.98. The molecule has 0 radical (unpaired) electrons. The molecule has 0 unspecified atom stereocenters. The lowest BCUT2D eigenvalue weighted by Gasteiger charge is -2.42. The zero-order valence-electron chi connectivity index (χ0n) is 29.5. The number of carbonyl (C=O) groups is 1. The number of thiazole rings is 1. The number of sulfonamides is 1. The third kappa shape index (κ3) is 6.61. The Kier molecular flexibility index (Phi) is 5.57. The van der Waals surface area contributed by atoms with Crippen LogP contribution >= 0.6 is 11.3 Å². The lowest BCUT2D eigenvalue weighted by Crippen LogP contribution is -2.58. The number of aliphatic hydroxyl groups is 1. The second-order valence-corrected chi connectivity index (χ2v) is 12.0. The summed E-state index contributed by atoms with van der Waals surface area (Å²) < 4.78 is 108. The molecular weight excluding hydrogens is 498 g/mol. The zero-order valence-corrected chi connectivity index (χ0v) is 22.2. The van der Waals surface area contributed by atoms with E-state index in [-0.39, 0.29) is 9.21 Å². The molecule has 196 valence electrons. The summed E-state index contributed by atoms with van der Waals surface area (Å²) in [5, 5.41) is 22.3. The number of hydrogen-bond donors (Lipinski definition) is 2. The molecule has 2 atom stereocenters. The van der Waals surface area contributed by atoms with E-state index in [4.69, 9.17) is 11.0 Å². The molecule has 0 aliphatic heterocycles. The number of benzene rings is 2. The van der Waals surface area contributed by atoms with Gasteiger partial charge in [0.25, 0.3) is 0 Å². The van der Waals surface area contributed by atoms with E-state index < -0.39 is 87.7 Å². The van der Waals surface area contributed by atoms with Crippen LogP contribution in [0.2, 0.25) is 0 Å². The molecule has 0 aliphatic rings. The molecule has 2 N–H and O–H groups in total. The quantitative estimate of drug-likeness (QED) is 0.384. The molecule has 0 spiro atoms. The van der Waals surface area contributed by atoms with Crippen LogP contribution in [0.1, 0.15) is 52.5 Å². The summed E-state index contributed by atoms with van der Waals surface area (Å²) in [5.41, 5.74) is -0.807. The molecule has 0 bridgehead atoms. The Morgan fingerprint density at radius 1 is 1.28 bits per heavy atom. The molecule has 0 aliphatic carbocycles. The van der Waals surface area contributed by atoms with Crippen molar-refractivity contribution in [3.8, 4) is 0 Å². The van der Waals surface area contributed by atoms with Crippen molar-refractivity contribution in [2.24, 2.45) is 5.92 Å². The van der Waals surface area contributed by atoms with Gasteiger partial charge in [-0.15, -0.1) is 11.3 Å². The lowest BCUT2D eigenvalue weighted by molar-refractivity contribution is 0.000541. The molecule has 10 heteroatoms. The Morgan fingerprint density at radius 2 is 2.00 bits per heavy atom. The van der Waals surface area contributed by atoms with Gasteiger partial charge in [0.05, 0.1) is 39.6 Å². The maximum Gasteiger partial charge on any atom is 0.408 e. The average molecular weight is 543 g/mol. The maximum atomic E-state index is 14.1. The van der Waals surface area contributed by atoms with E-state index in [1.807, 2.05) is 0 Å². The summed E-state index contributed by atoms with van der Waals surface area (Å²) in [4.78, 5) is 16.4. The Labute approximate surface area is 229 Å². The Bertz CT molecular complexity index is 1710. The third-order valence-electron chi connectivity index (χ3n) is 4.82. The normalized spacial score (nSPS) is 20.5. The number of amides is 1. The number of aromatic nitrogens is 1. The van der Waals surface area contributed by atoms with E-state index in [1.54, 1.807) is 0 Å². The molecule has 3 aromatic rings. The molecule has 8 nitrogen and oxygen atoms in total. The molecule has 1 aromatic heterocycles. The molecule has 0 fully saturated rings. The minimum Gasteiger partial charge on any atom is -0.465 e. The lowest BCUT2D eigenvalue weighted by atomic mass is 9.94. The maximum absolute atomic E-state index is 14.1. The zero-order chi connectivity index (χ0) is 34.7. The van der Waals surface area contributed by atoms with Crippen molar-refractivity contribution in [3.63, 3.8) is 0 Å². The predicted molar refractivity (Wildman–Crippen MR) is 143 cm³/mol. The molecule has 1 amide bonds. The van der Waals surface area contributed by atoms with Gasteiger partial charge < -0.3 is 10.2 Å². The van der Waals surface area contributed by atoms with Crippen molar-refractivity contribution in [1.29, 1.82) is 0 Å². The Hall–Kier alpha value is -2.53. The molecule has 0 saturated carbocycles. The highest BCUT2D eigenvalue weighted by Crippen LogP contribution is 2.27. The predicted octanol–water partition coefficient (Wildman–Crippen LogP) is 4.69. The first kappa shape index (κ1) is 17.8. The van der Waals surface area contributed by atoms with Gasteiger partial charge in [0.15, 0.2) is 0 Å². The molecular formula is C26H35N3O5S2. The number of rotatable bonds is 10. The fourth-order valence-corrected chi connectivity index (χ4v) is 5.53. The van der Waals surface area contributed by atoms with Crippen LogP contribution < -0.4 is 0 Å². The van der Waals surface area contributed by atoms with Crippen molar-refractivity contribution in [2.75, 3.05) is 13.0 Å². The molecule has 3 rings (SSSR count). The first-order valence-corrected chi connectivity index (χ1v) is 13.3. The van der Waals surface area contributed by atoms with Gasteiger partial charge in [-0.2, -0.15) is 4.31 Å². The van der Waals surface area contributed by atoms with Crippen LogP contribution in [0.25, 0.3) is 10.2 Å². The van der Waals surface area contributed by atoms with Gasteiger partial charge in [-0.1, -0.05) is 44.1 Å². The molecule has 36 heavy (non-hydrogen) atoms. The topological polar surface area (TPSA) is 111 Å². The van der Waals surface area contributed by atoms with Crippen molar-refractivity contribution in [3.05, 3.63) is 59.5 Å². The highest BCUT2D eigenvalue weighted by molar-refractivity contribution is 7.89. The van der Waals surface area contributed by atoms with Crippen LogP contribution in [0.4, 0.5) is 4.79 Å². The standard InChI is InChI=1S/C26H35N3O5S2/c1-18(2)15-28(36(33,34)20-11-12-21-24(14-20)35-17-27-21)16-23(30)22(13-19-9-7-6-8-10-19)29(25(31)32)26(3,4)5/h6-12,14,17-18,22-23,30H,13,15-16H2,1-5H3,(H,31,32)/t22-,23+/m0/s1/i6D,7D,9D,13D2,16D2,22D,23D. The summed E-state index contributed by atoms with van der Waals surface area (Å²) in [6, 6.07) is -0.814. The van der Waals surface area contributed by atoms with Crippen LogP contribution in [0.5, 0.6) is 0 Å². The van der Waals surface area contributed by atoms with Crippen molar-refractivity contribution in [1.82, 2.24) is 14.2 Å². The van der Waals surface area contributed by atoms with Gasteiger partial charge in [-0.3, -0.25) is 4.90 Å². The fraction of sp³-hybridized carbons (Fsp3) is 0.462. The first-order valence-electron chi connectivity index (χ1n) is 15.5. The Morgan fingerprint density at radius 3 is 2.64 bits per heavy atom. The Balaban J connectivity index is 2.44. The van der Waals surface area contributed by atoms with Crippen LogP contribution in [0.3, 0.4) is 0 Å². The SMILES string of the molecule is [2H]c1ccc(C([2H])([2H])[C@]([2H])(N(C(=O)O)C(C)(C)C)[C@]([2H])(O)C([2H])([2H])N(CC(C)C)S(=O)(=O)c2ccc3ncsc3c2)c([2H])c1[2H]. The van der Waals surface area contributed by atoms with E-state index in [1.165, 1.54) is 52.3 Å². The van der Waals surface area contributed by atoms with Crippen LogP contribution in [0, 0.1) is 5.92 Å². The van der Waals surface area contributed by atoms with Crippen molar-refractivity contribution < 1.29 is 35.8 Å². The molecule has 0 saturated heterocycles. The van der Waals surface area contributed by atoms with Crippen molar-refractivity contribution >= 4 is 37.7 Å². The second-order valence-electron chi connectivity index (χ2n) is 9.28. The van der Waals surface area contributed by atoms with Gasteiger partial charge in [0.1, 0.15) is 0 Å². The average Bonchev–Trinajstić information content (AvgIpc) is 3.36. The summed E-state index contributed by atoms with van der Waals surface area (Å²) in [7, 11) is -4.98. The molecule has 2 aromatic carbocycles. The smallest absolute Gasteiger partial charge is 0.408 e. The van der Waals surface area contributed by atoms with Gasteiger partial charge in [0, 0.05) is 24.1 Å². The minimum absolute atomic E-state index is 0.00600. The largest absolute Gasteiger partial charge is 0.465 e. The van der Waals surface area contributed by atoms with Crippen LogP contribution in [-0.2, 0) is 16.4 Å². The van der Waals surface area contributed by atoms with Gasteiger partial charge in [-0.05, 0) is 56.8 Å². The van der Waals surface area contributed by atoms with Crippen LogP contribution in [0.15, 0.2) is 58.9 Å².